The van der Waals surface area contributed by atoms with Crippen molar-refractivity contribution < 1.29 is 9.90 Å². The van der Waals surface area contributed by atoms with Crippen LogP contribution in [-0.4, -0.2) is 23.3 Å². The Morgan fingerprint density at radius 3 is 2.82 bits per heavy atom. The molecule has 0 aromatic rings. The van der Waals surface area contributed by atoms with E-state index in [1.807, 2.05) is 0 Å². The molecule has 0 aromatic heterocycles. The molecule has 11 heavy (non-hydrogen) atoms. The number of carbonyl (C=O) groups is 1. The maximum Gasteiger partial charge on any atom is 0.404 e. The standard InChI is InChI=1S/C7H14N2O2/c8-5-2-1-3-6(4-5)9-7(10)11/h5-6,9H,1-4,8H2,(H,10,11)/t5-,6-/m0/s1. The van der Waals surface area contributed by atoms with Crippen LogP contribution in [0.2, 0.25) is 0 Å². The maximum atomic E-state index is 10.2. The number of rotatable bonds is 1. The molecule has 0 heterocycles. The molecular formula is C7H14N2O2. The molecule has 1 aliphatic carbocycles. The molecule has 0 aliphatic heterocycles. The summed E-state index contributed by atoms with van der Waals surface area (Å²) in [4.78, 5) is 10.2. The SMILES string of the molecule is N[C@H]1CCC[C@H](NC(=O)O)C1. The lowest BCUT2D eigenvalue weighted by molar-refractivity contribution is 0.184. The predicted octanol–water partition coefficient (Wildman–Crippen LogP) is 0.524. The van der Waals surface area contributed by atoms with Crippen LogP contribution in [0.15, 0.2) is 0 Å². The number of carboxylic acid groups (broad SMARTS) is 1. The molecule has 2 atom stereocenters. The topological polar surface area (TPSA) is 75.3 Å². The van der Waals surface area contributed by atoms with E-state index >= 15 is 0 Å². The van der Waals surface area contributed by atoms with Crippen LogP contribution in [0, 0.1) is 0 Å². The monoisotopic (exact) mass is 158 g/mol. The third-order valence-electron chi connectivity index (χ3n) is 2.04. The highest BCUT2D eigenvalue weighted by Gasteiger charge is 2.19. The highest BCUT2D eigenvalue weighted by molar-refractivity contribution is 5.64. The van der Waals surface area contributed by atoms with Gasteiger partial charge in [0.15, 0.2) is 0 Å². The second-order valence-corrected chi connectivity index (χ2v) is 3.07. The number of hydrogen-bond donors (Lipinski definition) is 3. The summed E-state index contributed by atoms with van der Waals surface area (Å²) in [5.74, 6) is 0. The van der Waals surface area contributed by atoms with E-state index in [1.54, 1.807) is 0 Å². The van der Waals surface area contributed by atoms with Crippen molar-refractivity contribution in [1.29, 1.82) is 0 Å². The predicted molar refractivity (Wildman–Crippen MR) is 41.4 cm³/mol. The zero-order valence-electron chi connectivity index (χ0n) is 6.42. The Bertz CT molecular complexity index is 149. The summed E-state index contributed by atoms with van der Waals surface area (Å²) in [6.45, 7) is 0. The Balaban J connectivity index is 2.28. The first-order chi connectivity index (χ1) is 5.18. The van der Waals surface area contributed by atoms with Crippen molar-refractivity contribution in [3.8, 4) is 0 Å². The fourth-order valence-electron chi connectivity index (χ4n) is 1.53. The van der Waals surface area contributed by atoms with Crippen LogP contribution < -0.4 is 11.1 Å². The van der Waals surface area contributed by atoms with E-state index in [1.165, 1.54) is 0 Å². The van der Waals surface area contributed by atoms with Gasteiger partial charge >= 0.3 is 6.09 Å². The lowest BCUT2D eigenvalue weighted by atomic mass is 9.92. The molecular weight excluding hydrogens is 144 g/mol. The Hall–Kier alpha value is -0.770. The van der Waals surface area contributed by atoms with Crippen molar-refractivity contribution in [3.05, 3.63) is 0 Å². The van der Waals surface area contributed by atoms with E-state index in [0.717, 1.165) is 25.7 Å². The van der Waals surface area contributed by atoms with Crippen LogP contribution in [0.4, 0.5) is 4.79 Å². The average molecular weight is 158 g/mol. The van der Waals surface area contributed by atoms with Crippen molar-refractivity contribution >= 4 is 6.09 Å². The van der Waals surface area contributed by atoms with Crippen molar-refractivity contribution in [2.24, 2.45) is 5.73 Å². The third-order valence-corrected chi connectivity index (χ3v) is 2.04. The summed E-state index contributed by atoms with van der Waals surface area (Å²) in [5, 5.41) is 10.8. The molecule has 1 fully saturated rings. The summed E-state index contributed by atoms with van der Waals surface area (Å²) in [7, 11) is 0. The molecule has 1 aliphatic rings. The Morgan fingerprint density at radius 1 is 1.55 bits per heavy atom. The minimum absolute atomic E-state index is 0.0799. The average Bonchev–Trinajstić information content (AvgIpc) is 1.85. The second kappa shape index (κ2) is 3.57. The van der Waals surface area contributed by atoms with Crippen molar-refractivity contribution in [1.82, 2.24) is 5.32 Å². The molecule has 1 saturated carbocycles. The molecule has 0 saturated heterocycles. The van der Waals surface area contributed by atoms with Gasteiger partial charge in [0.1, 0.15) is 0 Å². The van der Waals surface area contributed by atoms with Gasteiger partial charge in [-0.3, -0.25) is 0 Å². The van der Waals surface area contributed by atoms with E-state index in [9.17, 15) is 4.79 Å². The van der Waals surface area contributed by atoms with Gasteiger partial charge in [-0.05, 0) is 25.7 Å². The molecule has 0 radical (unpaired) electrons. The first kappa shape index (κ1) is 8.33. The molecule has 1 amide bonds. The summed E-state index contributed by atoms with van der Waals surface area (Å²) >= 11 is 0. The number of amides is 1. The minimum atomic E-state index is -0.941. The molecule has 4 N–H and O–H groups in total. The van der Waals surface area contributed by atoms with E-state index in [2.05, 4.69) is 5.32 Å². The van der Waals surface area contributed by atoms with Crippen LogP contribution >= 0.6 is 0 Å². The highest BCUT2D eigenvalue weighted by atomic mass is 16.4. The molecule has 4 nitrogen and oxygen atoms in total. The van der Waals surface area contributed by atoms with Gasteiger partial charge in [-0.15, -0.1) is 0 Å². The first-order valence-electron chi connectivity index (χ1n) is 3.93. The normalized spacial score (nSPS) is 31.4. The first-order valence-corrected chi connectivity index (χ1v) is 3.93. The lowest BCUT2D eigenvalue weighted by Crippen LogP contribution is -2.41. The summed E-state index contributed by atoms with van der Waals surface area (Å²) in [6, 6.07) is 0.261. The smallest absolute Gasteiger partial charge is 0.404 e. The number of hydrogen-bond acceptors (Lipinski definition) is 2. The van der Waals surface area contributed by atoms with Crippen molar-refractivity contribution in [3.63, 3.8) is 0 Å². The Labute approximate surface area is 65.8 Å². The zero-order chi connectivity index (χ0) is 8.27. The lowest BCUT2D eigenvalue weighted by Gasteiger charge is -2.26. The zero-order valence-corrected chi connectivity index (χ0v) is 6.42. The van der Waals surface area contributed by atoms with Gasteiger partial charge < -0.3 is 16.2 Å². The Morgan fingerprint density at radius 2 is 2.27 bits per heavy atom. The van der Waals surface area contributed by atoms with Crippen LogP contribution in [-0.2, 0) is 0 Å². The van der Waals surface area contributed by atoms with Crippen molar-refractivity contribution in [2.75, 3.05) is 0 Å². The summed E-state index contributed by atoms with van der Waals surface area (Å²) in [5.41, 5.74) is 5.67. The van der Waals surface area contributed by atoms with Gasteiger partial charge in [0, 0.05) is 12.1 Å². The van der Waals surface area contributed by atoms with E-state index < -0.39 is 6.09 Å². The van der Waals surface area contributed by atoms with Gasteiger partial charge in [0.25, 0.3) is 0 Å². The fraction of sp³-hybridized carbons (Fsp3) is 0.857. The maximum absolute atomic E-state index is 10.2. The number of nitrogens with two attached hydrogens (primary N) is 1. The highest BCUT2D eigenvalue weighted by Crippen LogP contribution is 2.16. The van der Waals surface area contributed by atoms with E-state index in [4.69, 9.17) is 10.8 Å². The van der Waals surface area contributed by atoms with Crippen LogP contribution in [0.5, 0.6) is 0 Å². The molecule has 64 valence electrons. The van der Waals surface area contributed by atoms with E-state index in [0.29, 0.717) is 0 Å². The molecule has 0 unspecified atom stereocenters. The van der Waals surface area contributed by atoms with Gasteiger partial charge in [-0.25, -0.2) is 4.79 Å². The molecule has 0 spiro atoms. The van der Waals surface area contributed by atoms with E-state index in [-0.39, 0.29) is 12.1 Å². The summed E-state index contributed by atoms with van der Waals surface area (Å²) < 4.78 is 0. The molecule has 0 bridgehead atoms. The largest absolute Gasteiger partial charge is 0.465 e. The van der Waals surface area contributed by atoms with Crippen LogP contribution in [0.3, 0.4) is 0 Å². The Kier molecular flexibility index (Phi) is 2.70. The van der Waals surface area contributed by atoms with Gasteiger partial charge in [-0.1, -0.05) is 0 Å². The van der Waals surface area contributed by atoms with Gasteiger partial charge in [0.2, 0.25) is 0 Å². The second-order valence-electron chi connectivity index (χ2n) is 3.07. The summed E-state index contributed by atoms with van der Waals surface area (Å²) in [6.07, 6.45) is 2.83. The molecule has 1 rings (SSSR count). The van der Waals surface area contributed by atoms with Crippen LogP contribution in [0.1, 0.15) is 25.7 Å². The van der Waals surface area contributed by atoms with Gasteiger partial charge in [0.05, 0.1) is 0 Å². The quantitative estimate of drug-likeness (QED) is 0.521. The molecule has 4 heteroatoms. The minimum Gasteiger partial charge on any atom is -0.465 e. The molecule has 0 aromatic carbocycles. The number of nitrogens with one attached hydrogen (secondary N) is 1. The van der Waals surface area contributed by atoms with Gasteiger partial charge in [-0.2, -0.15) is 0 Å². The van der Waals surface area contributed by atoms with Crippen LogP contribution in [0.25, 0.3) is 0 Å². The fourth-order valence-corrected chi connectivity index (χ4v) is 1.53. The van der Waals surface area contributed by atoms with Crippen molar-refractivity contribution in [2.45, 2.75) is 37.8 Å². The third kappa shape index (κ3) is 2.76.